The van der Waals surface area contributed by atoms with Crippen molar-refractivity contribution in [2.45, 2.75) is 0 Å². The molecular formula is C54H33NO2. The first-order valence-electron chi connectivity index (χ1n) is 19.4. The first-order chi connectivity index (χ1) is 28.3. The summed E-state index contributed by atoms with van der Waals surface area (Å²) in [6.07, 6.45) is 0. The second-order valence-electron chi connectivity index (χ2n) is 14.8. The van der Waals surface area contributed by atoms with E-state index in [2.05, 4.69) is 205 Å². The van der Waals surface area contributed by atoms with Crippen molar-refractivity contribution in [2.24, 2.45) is 0 Å². The van der Waals surface area contributed by atoms with Crippen LogP contribution in [0.1, 0.15) is 0 Å². The minimum absolute atomic E-state index is 0.854. The fourth-order valence-corrected chi connectivity index (χ4v) is 9.05. The summed E-state index contributed by atoms with van der Waals surface area (Å²) in [5.41, 5.74) is 11.3. The van der Waals surface area contributed by atoms with Crippen LogP contribution in [0.3, 0.4) is 0 Å². The average molecular weight is 728 g/mol. The van der Waals surface area contributed by atoms with Crippen LogP contribution in [0.5, 0.6) is 0 Å². The first kappa shape index (κ1) is 31.7. The van der Waals surface area contributed by atoms with Crippen LogP contribution in [-0.2, 0) is 0 Å². The normalized spacial score (nSPS) is 11.9. The van der Waals surface area contributed by atoms with Gasteiger partial charge in [0.2, 0.25) is 0 Å². The lowest BCUT2D eigenvalue weighted by atomic mass is 9.96. The standard InChI is InChI=1S/C54H33NO2/c1-4-20-41-34(12-1)15-9-23-42(41)37-16-7-18-39(32-37)55(48-25-11-27-50-52(48)47-31-29-36-14-3-6-22-45(36)54(47)57-50)40-19-8-17-38(33-40)43-24-10-26-49-51(43)46-30-28-35-13-2-5-21-44(35)53(46)56-49/h1-33H. The lowest BCUT2D eigenvalue weighted by molar-refractivity contribution is 0.672. The molecule has 0 aliphatic rings. The topological polar surface area (TPSA) is 29.5 Å². The largest absolute Gasteiger partial charge is 0.455 e. The first-order valence-corrected chi connectivity index (χ1v) is 19.4. The molecule has 2 aromatic heterocycles. The van der Waals surface area contributed by atoms with E-state index in [1.54, 1.807) is 0 Å². The fraction of sp³-hybridized carbons (Fsp3) is 0. The molecule has 0 saturated heterocycles. The molecule has 12 rings (SSSR count). The number of hydrogen-bond donors (Lipinski definition) is 0. The van der Waals surface area contributed by atoms with E-state index in [0.29, 0.717) is 0 Å². The van der Waals surface area contributed by atoms with Gasteiger partial charge in [0.15, 0.2) is 0 Å². The second-order valence-corrected chi connectivity index (χ2v) is 14.8. The Hall–Kier alpha value is -7.62. The third-order valence-electron chi connectivity index (χ3n) is 11.6. The van der Waals surface area contributed by atoms with Crippen LogP contribution in [0, 0.1) is 0 Å². The zero-order valence-electron chi connectivity index (χ0n) is 30.8. The van der Waals surface area contributed by atoms with E-state index in [0.717, 1.165) is 93.8 Å². The fourth-order valence-electron chi connectivity index (χ4n) is 9.05. The van der Waals surface area contributed by atoms with Crippen LogP contribution in [-0.4, -0.2) is 0 Å². The number of anilines is 3. The SMILES string of the molecule is c1cc(-c2cccc3ccccc23)cc(N(c2cccc(-c3cccc4oc5c6ccccc6ccc5c34)c2)c2cccc3oc4c5ccccc5ccc4c23)c1. The summed E-state index contributed by atoms with van der Waals surface area (Å²) < 4.78 is 13.4. The van der Waals surface area contributed by atoms with Gasteiger partial charge in [-0.15, -0.1) is 0 Å². The van der Waals surface area contributed by atoms with Crippen molar-refractivity contribution < 1.29 is 8.83 Å². The van der Waals surface area contributed by atoms with Crippen molar-refractivity contribution in [2.75, 3.05) is 4.90 Å². The summed E-state index contributed by atoms with van der Waals surface area (Å²) in [4.78, 5) is 2.39. The molecule has 0 radical (unpaired) electrons. The monoisotopic (exact) mass is 727 g/mol. The molecule has 12 aromatic rings. The molecule has 0 aliphatic heterocycles. The summed E-state index contributed by atoms with van der Waals surface area (Å²) in [6.45, 7) is 0. The van der Waals surface area contributed by atoms with Gasteiger partial charge in [-0.1, -0.05) is 146 Å². The van der Waals surface area contributed by atoms with Crippen LogP contribution >= 0.6 is 0 Å². The quantitative estimate of drug-likeness (QED) is 0.177. The molecule has 3 nitrogen and oxygen atoms in total. The molecule has 3 heteroatoms. The number of nitrogens with zero attached hydrogens (tertiary/aromatic N) is 1. The second kappa shape index (κ2) is 12.5. The molecule has 0 bridgehead atoms. The molecule has 0 spiro atoms. The van der Waals surface area contributed by atoms with Crippen LogP contribution < -0.4 is 4.90 Å². The van der Waals surface area contributed by atoms with Gasteiger partial charge >= 0.3 is 0 Å². The lowest BCUT2D eigenvalue weighted by Gasteiger charge is -2.27. The third-order valence-corrected chi connectivity index (χ3v) is 11.6. The van der Waals surface area contributed by atoms with Gasteiger partial charge < -0.3 is 13.7 Å². The van der Waals surface area contributed by atoms with E-state index in [1.807, 2.05) is 0 Å². The van der Waals surface area contributed by atoms with Crippen LogP contribution in [0.4, 0.5) is 17.1 Å². The highest BCUT2D eigenvalue weighted by Crippen LogP contribution is 2.47. The Bertz CT molecular complexity index is 3550. The van der Waals surface area contributed by atoms with Gasteiger partial charge in [-0.25, -0.2) is 0 Å². The minimum Gasteiger partial charge on any atom is -0.455 e. The maximum atomic E-state index is 6.74. The van der Waals surface area contributed by atoms with Crippen molar-refractivity contribution in [3.05, 3.63) is 200 Å². The van der Waals surface area contributed by atoms with E-state index in [9.17, 15) is 0 Å². The molecule has 0 atom stereocenters. The molecule has 57 heavy (non-hydrogen) atoms. The van der Waals surface area contributed by atoms with E-state index in [4.69, 9.17) is 8.83 Å². The van der Waals surface area contributed by atoms with E-state index in [1.165, 1.54) is 21.7 Å². The molecular weight excluding hydrogens is 695 g/mol. The Kier molecular flexibility index (Phi) is 6.93. The number of rotatable bonds is 5. The Labute approximate surface area is 328 Å². The van der Waals surface area contributed by atoms with Crippen LogP contribution in [0.15, 0.2) is 209 Å². The Morgan fingerprint density at radius 2 is 0.789 bits per heavy atom. The predicted molar refractivity (Wildman–Crippen MR) is 239 cm³/mol. The molecule has 0 amide bonds. The molecule has 266 valence electrons. The number of fused-ring (bicyclic) bond motifs is 11. The van der Waals surface area contributed by atoms with E-state index >= 15 is 0 Å². The summed E-state index contributed by atoms with van der Waals surface area (Å²) in [5.74, 6) is 0. The average Bonchev–Trinajstić information content (AvgIpc) is 3.86. The van der Waals surface area contributed by atoms with Gasteiger partial charge in [0.05, 0.1) is 11.1 Å². The van der Waals surface area contributed by atoms with E-state index < -0.39 is 0 Å². The van der Waals surface area contributed by atoms with Crippen molar-refractivity contribution >= 4 is 93.3 Å². The molecule has 0 saturated carbocycles. The van der Waals surface area contributed by atoms with Gasteiger partial charge in [-0.05, 0) is 98.4 Å². The number of hydrogen-bond acceptors (Lipinski definition) is 3. The summed E-state index contributed by atoms with van der Waals surface area (Å²) in [5, 5.41) is 11.4. The highest BCUT2D eigenvalue weighted by Gasteiger charge is 2.22. The highest BCUT2D eigenvalue weighted by atomic mass is 16.3. The Morgan fingerprint density at radius 1 is 0.316 bits per heavy atom. The maximum Gasteiger partial charge on any atom is 0.143 e. The summed E-state index contributed by atoms with van der Waals surface area (Å²) in [7, 11) is 0. The third kappa shape index (κ3) is 4.92. The predicted octanol–water partition coefficient (Wildman–Crippen LogP) is 15.7. The van der Waals surface area contributed by atoms with Crippen LogP contribution in [0.25, 0.3) is 98.4 Å². The van der Waals surface area contributed by atoms with Crippen molar-refractivity contribution in [1.29, 1.82) is 0 Å². The minimum atomic E-state index is 0.854. The smallest absolute Gasteiger partial charge is 0.143 e. The number of benzene rings is 10. The van der Waals surface area contributed by atoms with Crippen molar-refractivity contribution in [3.8, 4) is 22.3 Å². The molecule has 0 unspecified atom stereocenters. The van der Waals surface area contributed by atoms with Crippen molar-refractivity contribution in [1.82, 2.24) is 0 Å². The zero-order chi connectivity index (χ0) is 37.5. The maximum absolute atomic E-state index is 6.74. The molecule has 2 heterocycles. The zero-order valence-corrected chi connectivity index (χ0v) is 30.8. The van der Waals surface area contributed by atoms with Gasteiger partial charge in [0.25, 0.3) is 0 Å². The van der Waals surface area contributed by atoms with Gasteiger partial charge in [-0.3, -0.25) is 0 Å². The van der Waals surface area contributed by atoms with Crippen molar-refractivity contribution in [3.63, 3.8) is 0 Å². The Balaban J connectivity index is 1.11. The Morgan fingerprint density at radius 3 is 1.46 bits per heavy atom. The van der Waals surface area contributed by atoms with Crippen LogP contribution in [0.2, 0.25) is 0 Å². The summed E-state index contributed by atoms with van der Waals surface area (Å²) >= 11 is 0. The summed E-state index contributed by atoms with van der Waals surface area (Å²) in [6, 6.07) is 71.5. The van der Waals surface area contributed by atoms with Gasteiger partial charge in [0, 0.05) is 38.3 Å². The molecule has 0 N–H and O–H groups in total. The molecule has 0 aliphatic carbocycles. The van der Waals surface area contributed by atoms with Gasteiger partial charge in [0.1, 0.15) is 22.3 Å². The van der Waals surface area contributed by atoms with E-state index in [-0.39, 0.29) is 0 Å². The highest BCUT2D eigenvalue weighted by molar-refractivity contribution is 6.21. The van der Waals surface area contributed by atoms with Gasteiger partial charge in [-0.2, -0.15) is 0 Å². The number of furan rings is 2. The molecule has 10 aromatic carbocycles. The molecule has 0 fully saturated rings. The lowest BCUT2D eigenvalue weighted by Crippen LogP contribution is -2.10.